The van der Waals surface area contributed by atoms with E-state index in [0.29, 0.717) is 18.3 Å². The van der Waals surface area contributed by atoms with Gasteiger partial charge >= 0.3 is 0 Å². The maximum absolute atomic E-state index is 12.6. The van der Waals surface area contributed by atoms with E-state index in [9.17, 15) is 9.59 Å². The van der Waals surface area contributed by atoms with Crippen LogP contribution < -0.4 is 5.32 Å². The minimum Gasteiger partial charge on any atom is -0.354 e. The summed E-state index contributed by atoms with van der Waals surface area (Å²) in [4.78, 5) is 29.7. The number of amides is 2. The predicted octanol–water partition coefficient (Wildman–Crippen LogP) is 1.76. The number of nitrogens with zero attached hydrogens (tertiary/aromatic N) is 1. The van der Waals surface area contributed by atoms with Gasteiger partial charge in [0.05, 0.1) is 5.92 Å². The van der Waals surface area contributed by atoms with Gasteiger partial charge in [-0.3, -0.25) is 9.59 Å². The number of likely N-dealkylation sites (tertiary alicyclic amines) is 1. The number of aromatic amines is 1. The van der Waals surface area contributed by atoms with Crippen LogP contribution in [-0.2, 0) is 4.79 Å². The maximum atomic E-state index is 12.6. The number of nitrogens with one attached hydrogen (secondary N) is 2. The fraction of sp³-hybridized carbons (Fsp3) is 0.625. The third-order valence-electron chi connectivity index (χ3n) is 4.37. The zero-order valence-corrected chi connectivity index (χ0v) is 12.7. The SMILES string of the molecule is Cc1cc(C)c(C(=O)N2CCCC(C(=O)NC3CC3)C2)[nH]1. The lowest BCUT2D eigenvalue weighted by molar-refractivity contribution is -0.126. The molecule has 1 aromatic rings. The second-order valence-corrected chi connectivity index (χ2v) is 6.38. The lowest BCUT2D eigenvalue weighted by atomic mass is 9.96. The highest BCUT2D eigenvalue weighted by atomic mass is 16.2. The summed E-state index contributed by atoms with van der Waals surface area (Å²) in [7, 11) is 0. The van der Waals surface area contributed by atoms with Gasteiger partial charge in [0.2, 0.25) is 5.91 Å². The molecule has 1 aromatic heterocycles. The molecule has 0 spiro atoms. The van der Waals surface area contributed by atoms with Gasteiger partial charge in [-0.1, -0.05) is 0 Å². The second kappa shape index (κ2) is 5.54. The van der Waals surface area contributed by atoms with Crippen molar-refractivity contribution in [1.82, 2.24) is 15.2 Å². The van der Waals surface area contributed by atoms with Crippen molar-refractivity contribution < 1.29 is 9.59 Å². The number of carbonyl (C=O) groups excluding carboxylic acids is 2. The van der Waals surface area contributed by atoms with Gasteiger partial charge in [-0.05, 0) is 51.2 Å². The standard InChI is InChI=1S/C16H23N3O2/c1-10-8-11(2)17-14(10)16(21)19-7-3-4-12(9-19)15(20)18-13-5-6-13/h8,12-13,17H,3-7,9H2,1-2H3,(H,18,20). The Morgan fingerprint density at radius 3 is 2.67 bits per heavy atom. The van der Waals surface area contributed by atoms with Gasteiger partial charge in [-0.25, -0.2) is 0 Å². The molecule has 2 amide bonds. The minimum atomic E-state index is -0.0559. The Kier molecular flexibility index (Phi) is 3.74. The summed E-state index contributed by atoms with van der Waals surface area (Å²) in [6.07, 6.45) is 3.97. The fourth-order valence-corrected chi connectivity index (χ4v) is 3.03. The Labute approximate surface area is 125 Å². The molecule has 2 heterocycles. The number of H-pyrrole nitrogens is 1. The summed E-state index contributed by atoms with van der Waals surface area (Å²) in [5.74, 6) is 0.0820. The first-order valence-electron chi connectivity index (χ1n) is 7.80. The first-order valence-corrected chi connectivity index (χ1v) is 7.80. The van der Waals surface area contributed by atoms with E-state index < -0.39 is 0 Å². The van der Waals surface area contributed by atoms with Crippen LogP contribution in [0.25, 0.3) is 0 Å². The zero-order valence-electron chi connectivity index (χ0n) is 12.7. The predicted molar refractivity (Wildman–Crippen MR) is 80.1 cm³/mol. The van der Waals surface area contributed by atoms with Gasteiger partial charge in [0, 0.05) is 24.8 Å². The van der Waals surface area contributed by atoms with E-state index in [0.717, 1.165) is 43.5 Å². The average molecular weight is 289 g/mol. The molecule has 2 N–H and O–H groups in total. The molecular weight excluding hydrogens is 266 g/mol. The van der Waals surface area contributed by atoms with Gasteiger partial charge < -0.3 is 15.2 Å². The normalized spacial score (nSPS) is 22.2. The van der Waals surface area contributed by atoms with Gasteiger partial charge in [0.1, 0.15) is 5.69 Å². The summed E-state index contributed by atoms with van der Waals surface area (Å²) < 4.78 is 0. The molecule has 1 aliphatic heterocycles. The molecule has 1 unspecified atom stereocenters. The lowest BCUT2D eigenvalue weighted by Gasteiger charge is -2.32. The molecule has 0 aromatic carbocycles. The van der Waals surface area contributed by atoms with Crippen molar-refractivity contribution in [3.8, 4) is 0 Å². The molecule has 21 heavy (non-hydrogen) atoms. The summed E-state index contributed by atoms with van der Waals surface area (Å²) >= 11 is 0. The van der Waals surface area contributed by atoms with E-state index in [1.54, 1.807) is 0 Å². The maximum Gasteiger partial charge on any atom is 0.270 e. The Balaban J connectivity index is 1.66. The second-order valence-electron chi connectivity index (χ2n) is 6.38. The minimum absolute atomic E-state index is 0.0181. The molecule has 2 fully saturated rings. The topological polar surface area (TPSA) is 65.2 Å². The van der Waals surface area contributed by atoms with E-state index in [2.05, 4.69) is 10.3 Å². The van der Waals surface area contributed by atoms with Crippen molar-refractivity contribution in [1.29, 1.82) is 0 Å². The third-order valence-corrected chi connectivity index (χ3v) is 4.37. The van der Waals surface area contributed by atoms with E-state index in [4.69, 9.17) is 0 Å². The summed E-state index contributed by atoms with van der Waals surface area (Å²) in [6.45, 7) is 5.17. The molecule has 1 saturated heterocycles. The quantitative estimate of drug-likeness (QED) is 0.890. The Hall–Kier alpha value is -1.78. The van der Waals surface area contributed by atoms with Crippen molar-refractivity contribution in [3.63, 3.8) is 0 Å². The molecule has 5 heteroatoms. The van der Waals surface area contributed by atoms with Crippen LogP contribution in [0.2, 0.25) is 0 Å². The van der Waals surface area contributed by atoms with Crippen LogP contribution >= 0.6 is 0 Å². The Bertz CT molecular complexity index is 560. The molecule has 1 saturated carbocycles. The smallest absolute Gasteiger partial charge is 0.270 e. The Morgan fingerprint density at radius 1 is 1.29 bits per heavy atom. The van der Waals surface area contributed by atoms with Gasteiger partial charge in [-0.15, -0.1) is 0 Å². The molecular formula is C16H23N3O2. The summed E-state index contributed by atoms with van der Waals surface area (Å²) in [6, 6.07) is 2.37. The zero-order chi connectivity index (χ0) is 15.0. The third kappa shape index (κ3) is 3.12. The number of rotatable bonds is 3. The van der Waals surface area contributed by atoms with Crippen molar-refractivity contribution in [2.75, 3.05) is 13.1 Å². The van der Waals surface area contributed by atoms with E-state index in [-0.39, 0.29) is 17.7 Å². The molecule has 1 atom stereocenters. The number of carbonyl (C=O) groups is 2. The van der Waals surface area contributed by atoms with Gasteiger partial charge in [0.15, 0.2) is 0 Å². The largest absolute Gasteiger partial charge is 0.354 e. The van der Waals surface area contributed by atoms with Crippen LogP contribution in [0.5, 0.6) is 0 Å². The van der Waals surface area contributed by atoms with Crippen LogP contribution in [0.1, 0.15) is 47.4 Å². The molecule has 3 rings (SSSR count). The molecule has 5 nitrogen and oxygen atoms in total. The molecule has 0 bridgehead atoms. The monoisotopic (exact) mass is 289 g/mol. The van der Waals surface area contributed by atoms with E-state index in [1.807, 2.05) is 24.8 Å². The van der Waals surface area contributed by atoms with Crippen molar-refractivity contribution >= 4 is 11.8 Å². The highest BCUT2D eigenvalue weighted by Gasteiger charge is 2.32. The molecule has 0 radical (unpaired) electrons. The molecule has 1 aliphatic carbocycles. The molecule has 114 valence electrons. The fourth-order valence-electron chi connectivity index (χ4n) is 3.03. The van der Waals surface area contributed by atoms with Gasteiger partial charge in [-0.2, -0.15) is 0 Å². The Morgan fingerprint density at radius 2 is 2.05 bits per heavy atom. The molecule has 2 aliphatic rings. The van der Waals surface area contributed by atoms with Crippen LogP contribution in [-0.4, -0.2) is 40.8 Å². The van der Waals surface area contributed by atoms with Crippen LogP contribution in [0, 0.1) is 19.8 Å². The number of aryl methyl sites for hydroxylation is 2. The highest BCUT2D eigenvalue weighted by molar-refractivity contribution is 5.94. The van der Waals surface area contributed by atoms with Crippen LogP contribution in [0.4, 0.5) is 0 Å². The van der Waals surface area contributed by atoms with Crippen molar-refractivity contribution in [2.24, 2.45) is 5.92 Å². The number of hydrogen-bond donors (Lipinski definition) is 2. The average Bonchev–Trinajstić information content (AvgIpc) is 3.21. The number of aromatic nitrogens is 1. The van der Waals surface area contributed by atoms with E-state index >= 15 is 0 Å². The first kappa shape index (κ1) is 14.2. The van der Waals surface area contributed by atoms with Gasteiger partial charge in [0.25, 0.3) is 5.91 Å². The van der Waals surface area contributed by atoms with Crippen molar-refractivity contribution in [2.45, 2.75) is 45.6 Å². The summed E-state index contributed by atoms with van der Waals surface area (Å²) in [5.41, 5.74) is 2.63. The number of piperidine rings is 1. The summed E-state index contributed by atoms with van der Waals surface area (Å²) in [5, 5.41) is 3.05. The van der Waals surface area contributed by atoms with Crippen LogP contribution in [0.3, 0.4) is 0 Å². The van der Waals surface area contributed by atoms with Crippen LogP contribution in [0.15, 0.2) is 6.07 Å². The van der Waals surface area contributed by atoms with E-state index in [1.165, 1.54) is 0 Å². The lowest BCUT2D eigenvalue weighted by Crippen LogP contribution is -2.46. The van der Waals surface area contributed by atoms with Crippen molar-refractivity contribution in [3.05, 3.63) is 23.0 Å². The number of hydrogen-bond acceptors (Lipinski definition) is 2. The highest BCUT2D eigenvalue weighted by Crippen LogP contribution is 2.23. The first-order chi connectivity index (χ1) is 10.0.